The van der Waals surface area contributed by atoms with Gasteiger partial charge in [0.25, 0.3) is 0 Å². The van der Waals surface area contributed by atoms with Crippen LogP contribution in [0.25, 0.3) is 0 Å². The SMILES string of the molecule is CCNC(=NCC(C)Oc1cccc(OC)c1)NCCCc1nc(C)no1.I. The number of aryl methyl sites for hydroxylation is 2. The molecule has 1 aromatic heterocycles. The Morgan fingerprint density at radius 2 is 2.07 bits per heavy atom. The van der Waals surface area contributed by atoms with Crippen LogP contribution in [-0.4, -0.2) is 48.9 Å². The zero-order valence-electron chi connectivity index (χ0n) is 16.9. The minimum Gasteiger partial charge on any atom is -0.497 e. The van der Waals surface area contributed by atoms with Gasteiger partial charge in [-0.3, -0.25) is 0 Å². The lowest BCUT2D eigenvalue weighted by molar-refractivity contribution is 0.229. The summed E-state index contributed by atoms with van der Waals surface area (Å²) in [6.07, 6.45) is 1.55. The molecule has 0 bridgehead atoms. The number of methoxy groups -OCH3 is 1. The first kappa shape index (κ1) is 24.0. The van der Waals surface area contributed by atoms with Crippen molar-refractivity contribution >= 4 is 29.9 Å². The summed E-state index contributed by atoms with van der Waals surface area (Å²) in [4.78, 5) is 8.79. The van der Waals surface area contributed by atoms with E-state index in [1.807, 2.05) is 45.0 Å². The van der Waals surface area contributed by atoms with E-state index < -0.39 is 0 Å². The van der Waals surface area contributed by atoms with Crippen molar-refractivity contribution in [2.75, 3.05) is 26.7 Å². The van der Waals surface area contributed by atoms with Gasteiger partial charge >= 0.3 is 0 Å². The molecule has 0 saturated carbocycles. The van der Waals surface area contributed by atoms with Crippen molar-refractivity contribution in [3.8, 4) is 11.5 Å². The van der Waals surface area contributed by atoms with Gasteiger partial charge in [-0.25, -0.2) is 4.99 Å². The van der Waals surface area contributed by atoms with Crippen LogP contribution in [0.2, 0.25) is 0 Å². The van der Waals surface area contributed by atoms with Crippen LogP contribution in [0.15, 0.2) is 33.8 Å². The van der Waals surface area contributed by atoms with Crippen molar-refractivity contribution < 1.29 is 14.0 Å². The first-order valence-electron chi connectivity index (χ1n) is 9.22. The minimum atomic E-state index is -0.0612. The second-order valence-corrected chi connectivity index (χ2v) is 6.09. The molecular formula is C19H30IN5O3. The van der Waals surface area contributed by atoms with Crippen LogP contribution < -0.4 is 20.1 Å². The number of hydrogen-bond acceptors (Lipinski definition) is 6. The Hall–Kier alpha value is -2.04. The molecule has 0 aliphatic heterocycles. The molecule has 1 atom stereocenters. The van der Waals surface area contributed by atoms with Gasteiger partial charge < -0.3 is 24.6 Å². The highest BCUT2D eigenvalue weighted by Gasteiger charge is 2.06. The second kappa shape index (κ2) is 13.2. The summed E-state index contributed by atoms with van der Waals surface area (Å²) in [7, 11) is 1.64. The van der Waals surface area contributed by atoms with Crippen LogP contribution in [0.1, 0.15) is 32.0 Å². The minimum absolute atomic E-state index is 0. The van der Waals surface area contributed by atoms with E-state index in [-0.39, 0.29) is 30.1 Å². The standard InChI is InChI=1S/C19H29N5O3.HI/c1-5-20-19(21-11-7-10-18-23-15(3)24-27-18)22-13-14(2)26-17-9-6-8-16(12-17)25-4;/h6,8-9,12,14H,5,7,10-11,13H2,1-4H3,(H2,20,21,22);1H. The van der Waals surface area contributed by atoms with Crippen LogP contribution in [0.3, 0.4) is 0 Å². The molecule has 0 saturated heterocycles. The fourth-order valence-corrected chi connectivity index (χ4v) is 2.39. The average molecular weight is 503 g/mol. The summed E-state index contributed by atoms with van der Waals surface area (Å²) in [6.45, 7) is 7.93. The van der Waals surface area contributed by atoms with Crippen LogP contribution in [0.5, 0.6) is 11.5 Å². The van der Waals surface area contributed by atoms with Crippen LogP contribution in [0.4, 0.5) is 0 Å². The van der Waals surface area contributed by atoms with Gasteiger partial charge in [-0.1, -0.05) is 11.2 Å². The van der Waals surface area contributed by atoms with E-state index >= 15 is 0 Å². The van der Waals surface area contributed by atoms with Crippen LogP contribution in [0, 0.1) is 6.92 Å². The highest BCUT2D eigenvalue weighted by Crippen LogP contribution is 2.19. The number of aromatic nitrogens is 2. The summed E-state index contributed by atoms with van der Waals surface area (Å²) in [5.41, 5.74) is 0. The van der Waals surface area contributed by atoms with E-state index in [9.17, 15) is 0 Å². The molecule has 0 radical (unpaired) electrons. The molecule has 156 valence electrons. The maximum atomic E-state index is 5.90. The van der Waals surface area contributed by atoms with Crippen molar-refractivity contribution in [1.82, 2.24) is 20.8 Å². The molecule has 28 heavy (non-hydrogen) atoms. The van der Waals surface area contributed by atoms with Crippen molar-refractivity contribution in [2.24, 2.45) is 4.99 Å². The first-order chi connectivity index (χ1) is 13.1. The van der Waals surface area contributed by atoms with Gasteiger partial charge in [0, 0.05) is 25.6 Å². The van der Waals surface area contributed by atoms with Crippen molar-refractivity contribution in [3.63, 3.8) is 0 Å². The zero-order chi connectivity index (χ0) is 19.5. The monoisotopic (exact) mass is 503 g/mol. The molecular weight excluding hydrogens is 473 g/mol. The van der Waals surface area contributed by atoms with E-state index in [4.69, 9.17) is 14.0 Å². The van der Waals surface area contributed by atoms with Gasteiger partial charge in [0.1, 0.15) is 17.6 Å². The van der Waals surface area contributed by atoms with Gasteiger partial charge in [0.15, 0.2) is 11.8 Å². The lowest BCUT2D eigenvalue weighted by Gasteiger charge is -2.15. The van der Waals surface area contributed by atoms with Gasteiger partial charge in [0.2, 0.25) is 5.89 Å². The highest BCUT2D eigenvalue weighted by molar-refractivity contribution is 14.0. The molecule has 0 spiro atoms. The quantitative estimate of drug-likeness (QED) is 0.223. The maximum absolute atomic E-state index is 5.90. The van der Waals surface area contributed by atoms with E-state index in [1.54, 1.807) is 7.11 Å². The second-order valence-electron chi connectivity index (χ2n) is 6.09. The number of ether oxygens (including phenoxy) is 2. The molecule has 2 aromatic rings. The predicted molar refractivity (Wildman–Crippen MR) is 120 cm³/mol. The Morgan fingerprint density at radius 1 is 1.29 bits per heavy atom. The fourth-order valence-electron chi connectivity index (χ4n) is 2.39. The number of benzene rings is 1. The first-order valence-corrected chi connectivity index (χ1v) is 9.22. The highest BCUT2D eigenvalue weighted by atomic mass is 127. The number of aliphatic imine (C=N–C) groups is 1. The molecule has 0 aliphatic carbocycles. The summed E-state index contributed by atoms with van der Waals surface area (Å²) in [6, 6.07) is 7.56. The molecule has 8 nitrogen and oxygen atoms in total. The molecule has 1 heterocycles. The topological polar surface area (TPSA) is 93.8 Å². The zero-order valence-corrected chi connectivity index (χ0v) is 19.2. The van der Waals surface area contributed by atoms with E-state index in [2.05, 4.69) is 25.8 Å². The lowest BCUT2D eigenvalue weighted by atomic mass is 10.3. The number of nitrogens with zero attached hydrogens (tertiary/aromatic N) is 3. The lowest BCUT2D eigenvalue weighted by Crippen LogP contribution is -2.38. The molecule has 9 heteroatoms. The van der Waals surface area contributed by atoms with Gasteiger partial charge in [0.05, 0.1) is 13.7 Å². The van der Waals surface area contributed by atoms with E-state index in [1.165, 1.54) is 0 Å². The molecule has 1 aromatic carbocycles. The molecule has 0 amide bonds. The third-order valence-electron chi connectivity index (χ3n) is 3.66. The predicted octanol–water partition coefficient (Wildman–Crippen LogP) is 2.96. The summed E-state index contributed by atoms with van der Waals surface area (Å²) in [5, 5.41) is 10.3. The Kier molecular flexibility index (Phi) is 11.3. The number of rotatable bonds is 10. The van der Waals surface area contributed by atoms with Crippen molar-refractivity contribution in [2.45, 2.75) is 39.7 Å². The molecule has 1 unspecified atom stereocenters. The summed E-state index contributed by atoms with van der Waals surface area (Å²) in [5.74, 6) is 3.63. The van der Waals surface area contributed by atoms with E-state index in [0.717, 1.165) is 43.4 Å². The maximum Gasteiger partial charge on any atom is 0.226 e. The van der Waals surface area contributed by atoms with Crippen molar-refractivity contribution in [3.05, 3.63) is 36.0 Å². The normalized spacial score (nSPS) is 12.1. The number of halogens is 1. The van der Waals surface area contributed by atoms with Crippen LogP contribution in [-0.2, 0) is 6.42 Å². The molecule has 2 rings (SSSR count). The summed E-state index contributed by atoms with van der Waals surface area (Å²) >= 11 is 0. The number of guanidine groups is 1. The number of hydrogen-bond donors (Lipinski definition) is 2. The Labute approximate surface area is 183 Å². The Balaban J connectivity index is 0.00000392. The third kappa shape index (κ3) is 8.77. The largest absolute Gasteiger partial charge is 0.497 e. The van der Waals surface area contributed by atoms with Crippen molar-refractivity contribution in [1.29, 1.82) is 0 Å². The van der Waals surface area contributed by atoms with Gasteiger partial charge in [-0.15, -0.1) is 24.0 Å². The van der Waals surface area contributed by atoms with Gasteiger partial charge in [-0.05, 0) is 39.3 Å². The molecule has 0 fully saturated rings. The molecule has 0 aliphatic rings. The Bertz CT molecular complexity index is 723. The Morgan fingerprint density at radius 3 is 2.75 bits per heavy atom. The summed E-state index contributed by atoms with van der Waals surface area (Å²) < 4.78 is 16.2. The van der Waals surface area contributed by atoms with E-state index in [0.29, 0.717) is 18.3 Å². The molecule has 2 N–H and O–H groups in total. The van der Waals surface area contributed by atoms with Crippen LogP contribution >= 0.6 is 24.0 Å². The number of nitrogens with one attached hydrogen (secondary N) is 2. The third-order valence-corrected chi connectivity index (χ3v) is 3.66. The smallest absolute Gasteiger partial charge is 0.226 e. The average Bonchev–Trinajstić information content (AvgIpc) is 3.08. The van der Waals surface area contributed by atoms with Gasteiger partial charge in [-0.2, -0.15) is 4.98 Å². The fraction of sp³-hybridized carbons (Fsp3) is 0.526.